The van der Waals surface area contributed by atoms with Crippen molar-refractivity contribution < 1.29 is 14.7 Å². The molecule has 2 aromatic rings. The van der Waals surface area contributed by atoms with Crippen LogP contribution in [0.1, 0.15) is 16.1 Å². The minimum Gasteiger partial charge on any atom is -0.478 e. The first kappa shape index (κ1) is 12.8. The molecule has 0 unspecified atom stereocenters. The number of para-hydroxylation sites is 1. The number of hydrogen-bond acceptors (Lipinski definition) is 3. The van der Waals surface area contributed by atoms with Gasteiger partial charge >= 0.3 is 5.97 Å². The molecule has 0 spiro atoms. The van der Waals surface area contributed by atoms with Crippen LogP contribution in [0.5, 0.6) is 0 Å². The number of aromatic nitrogens is 1. The molecule has 96 valence electrons. The van der Waals surface area contributed by atoms with E-state index in [9.17, 15) is 9.59 Å². The number of hydrogen-bond donors (Lipinski definition) is 2. The fourth-order valence-corrected chi connectivity index (χ4v) is 1.65. The van der Waals surface area contributed by atoms with E-state index >= 15 is 0 Å². The number of carbonyl (C=O) groups excluding carboxylic acids is 1. The van der Waals surface area contributed by atoms with Crippen LogP contribution in [0.2, 0.25) is 0 Å². The number of carboxylic acid groups (broad SMARTS) is 1. The third kappa shape index (κ3) is 3.38. The highest BCUT2D eigenvalue weighted by molar-refractivity contribution is 5.95. The third-order valence-electron chi connectivity index (χ3n) is 2.51. The van der Waals surface area contributed by atoms with Crippen LogP contribution in [-0.2, 0) is 11.2 Å². The molecule has 1 aromatic heterocycles. The highest BCUT2D eigenvalue weighted by Gasteiger charge is 2.13. The van der Waals surface area contributed by atoms with Gasteiger partial charge in [-0.3, -0.25) is 9.78 Å². The number of nitrogens with one attached hydrogen (secondary N) is 1. The molecule has 5 nitrogen and oxygen atoms in total. The van der Waals surface area contributed by atoms with Crippen LogP contribution in [0, 0.1) is 0 Å². The van der Waals surface area contributed by atoms with E-state index in [2.05, 4.69) is 10.3 Å². The van der Waals surface area contributed by atoms with Gasteiger partial charge in [-0.05, 0) is 24.3 Å². The summed E-state index contributed by atoms with van der Waals surface area (Å²) in [6.45, 7) is 0. The summed E-state index contributed by atoms with van der Waals surface area (Å²) in [5.74, 6) is -1.39. The SMILES string of the molecule is O=C(Cc1ncccc1C(=O)O)Nc1ccccc1. The zero-order valence-electron chi connectivity index (χ0n) is 10.0. The van der Waals surface area contributed by atoms with Crippen LogP contribution in [0.3, 0.4) is 0 Å². The van der Waals surface area contributed by atoms with Gasteiger partial charge in [-0.15, -0.1) is 0 Å². The summed E-state index contributed by atoms with van der Waals surface area (Å²) >= 11 is 0. The number of benzene rings is 1. The molecular weight excluding hydrogens is 244 g/mol. The summed E-state index contributed by atoms with van der Waals surface area (Å²) in [5.41, 5.74) is 0.967. The Morgan fingerprint density at radius 1 is 1.11 bits per heavy atom. The van der Waals surface area contributed by atoms with Gasteiger partial charge in [0.25, 0.3) is 0 Å². The third-order valence-corrected chi connectivity index (χ3v) is 2.51. The molecule has 0 bridgehead atoms. The van der Waals surface area contributed by atoms with Crippen LogP contribution < -0.4 is 5.32 Å². The lowest BCUT2D eigenvalue weighted by Crippen LogP contribution is -2.17. The van der Waals surface area contributed by atoms with Crippen molar-refractivity contribution >= 4 is 17.6 Å². The van der Waals surface area contributed by atoms with Gasteiger partial charge in [0.15, 0.2) is 0 Å². The zero-order chi connectivity index (χ0) is 13.7. The largest absolute Gasteiger partial charge is 0.478 e. The lowest BCUT2D eigenvalue weighted by Gasteiger charge is -2.06. The molecule has 1 heterocycles. The van der Waals surface area contributed by atoms with Crippen LogP contribution in [0.4, 0.5) is 5.69 Å². The molecule has 0 aliphatic rings. The number of pyridine rings is 1. The molecule has 0 saturated heterocycles. The lowest BCUT2D eigenvalue weighted by atomic mass is 10.1. The summed E-state index contributed by atoms with van der Waals surface area (Å²) in [4.78, 5) is 26.7. The Hall–Kier alpha value is -2.69. The first-order chi connectivity index (χ1) is 9.16. The molecule has 2 rings (SSSR count). The van der Waals surface area contributed by atoms with E-state index in [1.54, 1.807) is 24.3 Å². The van der Waals surface area contributed by atoms with Crippen molar-refractivity contribution in [1.82, 2.24) is 4.98 Å². The molecular formula is C14H12N2O3. The Morgan fingerprint density at radius 3 is 2.53 bits per heavy atom. The van der Waals surface area contributed by atoms with E-state index in [1.807, 2.05) is 6.07 Å². The Labute approximate surface area is 109 Å². The van der Waals surface area contributed by atoms with Crippen LogP contribution in [-0.4, -0.2) is 22.0 Å². The van der Waals surface area contributed by atoms with E-state index in [4.69, 9.17) is 5.11 Å². The monoisotopic (exact) mass is 256 g/mol. The van der Waals surface area contributed by atoms with Crippen molar-refractivity contribution in [3.8, 4) is 0 Å². The Morgan fingerprint density at radius 2 is 1.84 bits per heavy atom. The number of carbonyl (C=O) groups is 2. The second kappa shape index (κ2) is 5.77. The predicted octanol–water partition coefficient (Wildman–Crippen LogP) is 1.96. The summed E-state index contributed by atoms with van der Waals surface area (Å²) in [6, 6.07) is 11.9. The van der Waals surface area contributed by atoms with E-state index in [-0.39, 0.29) is 23.6 Å². The average Bonchev–Trinajstić information content (AvgIpc) is 2.40. The number of amides is 1. The summed E-state index contributed by atoms with van der Waals surface area (Å²) in [6.07, 6.45) is 1.40. The fraction of sp³-hybridized carbons (Fsp3) is 0.0714. The summed E-state index contributed by atoms with van der Waals surface area (Å²) in [7, 11) is 0. The van der Waals surface area contributed by atoms with Gasteiger partial charge in [0, 0.05) is 11.9 Å². The maximum absolute atomic E-state index is 11.8. The maximum atomic E-state index is 11.8. The standard InChI is InChI=1S/C14H12N2O3/c17-13(16-10-5-2-1-3-6-10)9-12-11(14(18)19)7-4-8-15-12/h1-8H,9H2,(H,16,17)(H,18,19). The molecule has 0 fully saturated rings. The van der Waals surface area contributed by atoms with E-state index in [0.717, 1.165) is 0 Å². The van der Waals surface area contributed by atoms with Crippen LogP contribution in [0.15, 0.2) is 48.7 Å². The molecule has 5 heteroatoms. The van der Waals surface area contributed by atoms with Gasteiger partial charge in [-0.1, -0.05) is 18.2 Å². The van der Waals surface area contributed by atoms with E-state index < -0.39 is 5.97 Å². The number of aromatic carboxylic acids is 1. The van der Waals surface area contributed by atoms with Crippen molar-refractivity contribution in [3.05, 3.63) is 59.9 Å². The van der Waals surface area contributed by atoms with Gasteiger partial charge in [0.05, 0.1) is 17.7 Å². The van der Waals surface area contributed by atoms with Gasteiger partial charge in [0.1, 0.15) is 0 Å². The maximum Gasteiger partial charge on any atom is 0.337 e. The highest BCUT2D eigenvalue weighted by atomic mass is 16.4. The number of carboxylic acids is 1. The normalized spacial score (nSPS) is 9.89. The smallest absolute Gasteiger partial charge is 0.337 e. The molecule has 0 radical (unpaired) electrons. The second-order valence-corrected chi connectivity index (χ2v) is 3.89. The van der Waals surface area contributed by atoms with Crippen molar-refractivity contribution in [2.24, 2.45) is 0 Å². The minimum atomic E-state index is -1.09. The molecule has 0 aliphatic carbocycles. The van der Waals surface area contributed by atoms with E-state index in [0.29, 0.717) is 5.69 Å². The Bertz CT molecular complexity index is 597. The van der Waals surface area contributed by atoms with Crippen LogP contribution in [0.25, 0.3) is 0 Å². The Kier molecular flexibility index (Phi) is 3.87. The molecule has 2 N–H and O–H groups in total. The number of rotatable bonds is 4. The topological polar surface area (TPSA) is 79.3 Å². The van der Waals surface area contributed by atoms with Gasteiger partial charge in [-0.25, -0.2) is 4.79 Å². The van der Waals surface area contributed by atoms with Crippen molar-refractivity contribution in [3.63, 3.8) is 0 Å². The molecule has 0 atom stereocenters. The van der Waals surface area contributed by atoms with Crippen LogP contribution >= 0.6 is 0 Å². The minimum absolute atomic E-state index is 0.0470. The second-order valence-electron chi connectivity index (χ2n) is 3.89. The quantitative estimate of drug-likeness (QED) is 0.876. The number of anilines is 1. The predicted molar refractivity (Wildman–Crippen MR) is 70.0 cm³/mol. The molecule has 1 amide bonds. The summed E-state index contributed by atoms with van der Waals surface area (Å²) < 4.78 is 0. The highest BCUT2D eigenvalue weighted by Crippen LogP contribution is 2.09. The molecule has 1 aromatic carbocycles. The summed E-state index contributed by atoms with van der Waals surface area (Å²) in [5, 5.41) is 11.7. The van der Waals surface area contributed by atoms with Gasteiger partial charge < -0.3 is 10.4 Å². The first-order valence-corrected chi connectivity index (χ1v) is 5.69. The van der Waals surface area contributed by atoms with Gasteiger partial charge in [0.2, 0.25) is 5.91 Å². The molecule has 19 heavy (non-hydrogen) atoms. The van der Waals surface area contributed by atoms with E-state index in [1.165, 1.54) is 18.3 Å². The Balaban J connectivity index is 2.09. The fourth-order valence-electron chi connectivity index (χ4n) is 1.65. The average molecular weight is 256 g/mol. The molecule has 0 saturated carbocycles. The van der Waals surface area contributed by atoms with Gasteiger partial charge in [-0.2, -0.15) is 0 Å². The van der Waals surface area contributed by atoms with Crippen molar-refractivity contribution in [1.29, 1.82) is 0 Å². The van der Waals surface area contributed by atoms with Crippen molar-refractivity contribution in [2.45, 2.75) is 6.42 Å². The number of nitrogens with zero attached hydrogens (tertiary/aromatic N) is 1. The molecule has 0 aliphatic heterocycles. The zero-order valence-corrected chi connectivity index (χ0v) is 10.0. The lowest BCUT2D eigenvalue weighted by molar-refractivity contribution is -0.115. The van der Waals surface area contributed by atoms with Crippen molar-refractivity contribution in [2.75, 3.05) is 5.32 Å². The first-order valence-electron chi connectivity index (χ1n) is 5.69.